The first-order chi connectivity index (χ1) is 18.1. The molecule has 1 aliphatic carbocycles. The molecule has 2 aromatic rings. The van der Waals surface area contributed by atoms with Gasteiger partial charge >= 0.3 is 0 Å². The quantitative estimate of drug-likeness (QED) is 0.419. The van der Waals surface area contributed by atoms with Gasteiger partial charge in [-0.2, -0.15) is 0 Å². The van der Waals surface area contributed by atoms with E-state index in [1.807, 2.05) is 13.0 Å². The number of likely N-dealkylation sites (tertiary alicyclic amines) is 1. The van der Waals surface area contributed by atoms with Gasteiger partial charge in [0.15, 0.2) is 16.6 Å². The van der Waals surface area contributed by atoms with E-state index in [9.17, 15) is 19.1 Å². The molecule has 0 radical (unpaired) electrons. The summed E-state index contributed by atoms with van der Waals surface area (Å²) in [5.74, 6) is 1.16. The number of piperidine rings is 1. The Hall–Kier alpha value is -2.79. The van der Waals surface area contributed by atoms with Crippen molar-refractivity contribution in [3.63, 3.8) is 0 Å². The highest BCUT2D eigenvalue weighted by Crippen LogP contribution is 2.35. The summed E-state index contributed by atoms with van der Waals surface area (Å²) in [6.45, 7) is 6.50. The lowest BCUT2D eigenvalue weighted by Crippen LogP contribution is -2.38. The Morgan fingerprint density at radius 1 is 1.26 bits per heavy atom. The first-order valence-corrected chi connectivity index (χ1v) is 14.0. The molecule has 3 N–H and O–H groups in total. The second-order valence-electron chi connectivity index (χ2n) is 10.5. The number of nitrogens with zero attached hydrogens (tertiary/aromatic N) is 3. The number of aliphatic hydroxyl groups is 1. The molecule has 4 rings (SSSR count). The van der Waals surface area contributed by atoms with E-state index in [-0.39, 0.29) is 12.5 Å². The minimum absolute atomic E-state index is 0.163. The minimum atomic E-state index is -0.969. The Balaban J connectivity index is 0.000000375. The number of pyridine rings is 1. The monoisotopic (exact) mass is 549 g/mol. The van der Waals surface area contributed by atoms with Crippen molar-refractivity contribution in [1.29, 1.82) is 0 Å². The molecule has 3 heterocycles. The standard InChI is InChI=1S/C21H30N4O3S.C6H10FNO/c1-13-17(29-20(24-13)19(26)23-12-21(2,3)27)14-10-16(28-4)18(22-11-14)25-15-8-6-5-7-9-15;7-6-1-3-8(5-9)4-2-6/h10-11,15,27H,5-9,12H2,1-4H3,(H,22,25)(H,23,26);5-6H,1-4H2. The second kappa shape index (κ2) is 13.8. The van der Waals surface area contributed by atoms with Crippen LogP contribution in [0.4, 0.5) is 10.2 Å². The molecule has 0 atom stereocenters. The molecular formula is C27H40FN5O4S. The van der Waals surface area contributed by atoms with Gasteiger partial charge in [-0.3, -0.25) is 9.59 Å². The van der Waals surface area contributed by atoms with Crippen LogP contribution in [-0.2, 0) is 4.79 Å². The van der Waals surface area contributed by atoms with Crippen molar-refractivity contribution in [2.75, 3.05) is 32.1 Å². The van der Waals surface area contributed by atoms with Gasteiger partial charge in [-0.15, -0.1) is 11.3 Å². The van der Waals surface area contributed by atoms with E-state index in [0.29, 0.717) is 42.7 Å². The topological polar surface area (TPSA) is 117 Å². The molecule has 0 aromatic carbocycles. The van der Waals surface area contributed by atoms with Gasteiger partial charge in [0.25, 0.3) is 5.91 Å². The molecule has 0 spiro atoms. The average Bonchev–Trinajstić information content (AvgIpc) is 3.30. The van der Waals surface area contributed by atoms with Crippen LogP contribution in [0, 0.1) is 6.92 Å². The summed E-state index contributed by atoms with van der Waals surface area (Å²) in [5.41, 5.74) is 0.663. The lowest BCUT2D eigenvalue weighted by molar-refractivity contribution is -0.119. The van der Waals surface area contributed by atoms with Crippen LogP contribution in [-0.4, -0.2) is 76.9 Å². The zero-order valence-corrected chi connectivity index (χ0v) is 23.6. The highest BCUT2D eigenvalue weighted by atomic mass is 32.1. The minimum Gasteiger partial charge on any atom is -0.493 e. The third kappa shape index (κ3) is 8.90. The second-order valence-corrected chi connectivity index (χ2v) is 11.5. The highest BCUT2D eigenvalue weighted by molar-refractivity contribution is 7.17. The smallest absolute Gasteiger partial charge is 0.280 e. The van der Waals surface area contributed by atoms with E-state index >= 15 is 0 Å². The molecule has 1 saturated heterocycles. The Labute approximate surface area is 228 Å². The van der Waals surface area contributed by atoms with E-state index in [0.717, 1.165) is 41.2 Å². The van der Waals surface area contributed by atoms with Crippen LogP contribution in [0.3, 0.4) is 0 Å². The lowest BCUT2D eigenvalue weighted by Gasteiger charge is -2.24. The number of halogens is 1. The maximum absolute atomic E-state index is 12.4. The Morgan fingerprint density at radius 2 is 1.95 bits per heavy atom. The van der Waals surface area contributed by atoms with Crippen molar-refractivity contribution in [3.05, 3.63) is 23.0 Å². The number of alkyl halides is 1. The number of rotatable bonds is 8. The van der Waals surface area contributed by atoms with Crippen molar-refractivity contribution in [2.24, 2.45) is 0 Å². The predicted molar refractivity (Wildman–Crippen MR) is 148 cm³/mol. The number of aromatic nitrogens is 2. The number of hydrogen-bond acceptors (Lipinski definition) is 8. The zero-order chi connectivity index (χ0) is 27.7. The van der Waals surface area contributed by atoms with E-state index in [1.54, 1.807) is 32.1 Å². The van der Waals surface area contributed by atoms with Crippen molar-refractivity contribution in [1.82, 2.24) is 20.2 Å². The zero-order valence-electron chi connectivity index (χ0n) is 22.8. The van der Waals surface area contributed by atoms with Gasteiger partial charge in [0.1, 0.15) is 6.17 Å². The largest absolute Gasteiger partial charge is 0.493 e. The summed E-state index contributed by atoms with van der Waals surface area (Å²) in [6.07, 6.45) is 9.04. The number of carbonyl (C=O) groups is 2. The summed E-state index contributed by atoms with van der Waals surface area (Å²) in [5, 5.41) is 16.4. The van der Waals surface area contributed by atoms with Gasteiger partial charge in [-0.25, -0.2) is 14.4 Å². The number of nitrogens with one attached hydrogen (secondary N) is 2. The number of amides is 2. The summed E-state index contributed by atoms with van der Waals surface area (Å²) in [7, 11) is 1.64. The number of ether oxygens (including phenoxy) is 1. The molecule has 1 aliphatic heterocycles. The van der Waals surface area contributed by atoms with Crippen LogP contribution in [0.15, 0.2) is 12.3 Å². The van der Waals surface area contributed by atoms with Crippen molar-refractivity contribution in [3.8, 4) is 16.2 Å². The Bertz CT molecular complexity index is 1060. The van der Waals surface area contributed by atoms with Crippen molar-refractivity contribution >= 4 is 29.5 Å². The van der Waals surface area contributed by atoms with Crippen LogP contribution in [0.5, 0.6) is 5.75 Å². The van der Waals surface area contributed by atoms with Gasteiger partial charge in [0.2, 0.25) is 6.41 Å². The molecule has 2 aromatic heterocycles. The number of thiazole rings is 1. The number of carbonyl (C=O) groups excluding carboxylic acids is 2. The van der Waals surface area contributed by atoms with E-state index in [4.69, 9.17) is 4.74 Å². The molecule has 9 nitrogen and oxygen atoms in total. The lowest BCUT2D eigenvalue weighted by atomic mass is 9.95. The Kier molecular flexibility index (Phi) is 10.8. The third-order valence-corrected chi connectivity index (χ3v) is 7.77. The number of anilines is 1. The van der Waals surface area contributed by atoms with Gasteiger partial charge in [0.05, 0.1) is 23.3 Å². The maximum atomic E-state index is 12.4. The van der Waals surface area contributed by atoms with Crippen molar-refractivity contribution < 1.29 is 23.8 Å². The van der Waals surface area contributed by atoms with Gasteiger partial charge in [-0.1, -0.05) is 19.3 Å². The summed E-state index contributed by atoms with van der Waals surface area (Å²) < 4.78 is 17.9. The van der Waals surface area contributed by atoms with Gasteiger partial charge in [-0.05, 0) is 52.5 Å². The normalized spacial score (nSPS) is 16.8. The first-order valence-electron chi connectivity index (χ1n) is 13.2. The fourth-order valence-electron chi connectivity index (χ4n) is 4.38. The molecule has 1 saturated carbocycles. The van der Waals surface area contributed by atoms with Gasteiger partial charge in [0, 0.05) is 37.4 Å². The molecule has 2 amide bonds. The highest BCUT2D eigenvalue weighted by Gasteiger charge is 2.21. The SMILES string of the molecule is COc1cc(-c2sc(C(=O)NCC(C)(C)O)nc2C)cnc1NC1CCCCC1.O=CN1CCC(F)CC1. The third-order valence-electron chi connectivity index (χ3n) is 6.56. The molecule has 2 aliphatic rings. The molecule has 0 unspecified atom stereocenters. The fraction of sp³-hybridized carbons (Fsp3) is 0.630. The molecular weight excluding hydrogens is 509 g/mol. The molecule has 11 heteroatoms. The van der Waals surface area contributed by atoms with Crippen LogP contribution < -0.4 is 15.4 Å². The van der Waals surface area contributed by atoms with E-state index in [1.165, 1.54) is 30.6 Å². The number of hydrogen-bond donors (Lipinski definition) is 3. The molecule has 38 heavy (non-hydrogen) atoms. The van der Waals surface area contributed by atoms with Crippen molar-refractivity contribution in [2.45, 2.75) is 83.5 Å². The summed E-state index contributed by atoms with van der Waals surface area (Å²) in [6, 6.07) is 2.38. The maximum Gasteiger partial charge on any atom is 0.280 e. The summed E-state index contributed by atoms with van der Waals surface area (Å²) in [4.78, 5) is 33.9. The van der Waals surface area contributed by atoms with Crippen LogP contribution in [0.1, 0.15) is 74.3 Å². The van der Waals surface area contributed by atoms with E-state index < -0.39 is 11.8 Å². The molecule has 210 valence electrons. The van der Waals surface area contributed by atoms with Crippen LogP contribution in [0.2, 0.25) is 0 Å². The van der Waals surface area contributed by atoms with Crippen LogP contribution >= 0.6 is 11.3 Å². The molecule has 2 fully saturated rings. The first kappa shape index (κ1) is 29.8. The number of aryl methyl sites for hydroxylation is 1. The average molecular weight is 550 g/mol. The fourth-order valence-corrected chi connectivity index (χ4v) is 5.34. The predicted octanol–water partition coefficient (Wildman–Crippen LogP) is 4.34. The van der Waals surface area contributed by atoms with Crippen LogP contribution in [0.25, 0.3) is 10.4 Å². The van der Waals surface area contributed by atoms with Gasteiger partial charge < -0.3 is 25.4 Å². The Morgan fingerprint density at radius 3 is 2.55 bits per heavy atom. The molecule has 0 bridgehead atoms. The summed E-state index contributed by atoms with van der Waals surface area (Å²) >= 11 is 1.31. The van der Waals surface area contributed by atoms with E-state index in [2.05, 4.69) is 20.6 Å². The number of methoxy groups -OCH3 is 1.